The molecule has 5 nitrogen and oxygen atoms in total. The number of fused-ring (bicyclic) bond motifs is 1. The Morgan fingerprint density at radius 1 is 0.793 bits per heavy atom. The van der Waals surface area contributed by atoms with E-state index in [9.17, 15) is 0 Å². The third-order valence-electron chi connectivity index (χ3n) is 5.70. The second-order valence-corrected chi connectivity index (χ2v) is 7.72. The molecule has 146 valence electrons. The molecular weight excluding hydrogens is 358 g/mol. The van der Waals surface area contributed by atoms with Crippen molar-refractivity contribution < 1.29 is 0 Å². The summed E-state index contributed by atoms with van der Waals surface area (Å²) in [5, 5.41) is 4.92. The zero-order valence-electron chi connectivity index (χ0n) is 16.9. The van der Waals surface area contributed by atoms with Crippen LogP contribution in [0.25, 0.3) is 28.0 Å². The van der Waals surface area contributed by atoms with Gasteiger partial charge in [0.1, 0.15) is 5.82 Å². The van der Waals surface area contributed by atoms with Crippen LogP contribution in [0, 0.1) is 6.92 Å². The summed E-state index contributed by atoms with van der Waals surface area (Å²) in [5.74, 6) is 1.12. The van der Waals surface area contributed by atoms with Gasteiger partial charge in [-0.15, -0.1) is 0 Å². The highest BCUT2D eigenvalue weighted by atomic mass is 15.4. The van der Waals surface area contributed by atoms with Gasteiger partial charge in [-0.1, -0.05) is 60.7 Å². The lowest BCUT2D eigenvalue weighted by atomic mass is 10.1. The molecule has 0 N–H and O–H groups in total. The number of hydrogen-bond donors (Lipinski definition) is 0. The van der Waals surface area contributed by atoms with Crippen molar-refractivity contribution in [3.63, 3.8) is 0 Å². The highest BCUT2D eigenvalue weighted by Gasteiger charge is 2.22. The Balaban J connectivity index is 1.75. The fourth-order valence-electron chi connectivity index (χ4n) is 4.07. The van der Waals surface area contributed by atoms with Crippen LogP contribution in [-0.2, 0) is 0 Å². The molecule has 29 heavy (non-hydrogen) atoms. The van der Waals surface area contributed by atoms with E-state index in [2.05, 4.69) is 78.4 Å². The summed E-state index contributed by atoms with van der Waals surface area (Å²) in [6.45, 7) is 6.16. The Labute approximate surface area is 171 Å². The highest BCUT2D eigenvalue weighted by Crippen LogP contribution is 2.32. The SMILES string of the molecule is Cc1nn2c(N3CCN(C)CC3)cc(-c3ccccc3)nc2c1-c1ccccc1. The predicted molar refractivity (Wildman–Crippen MR) is 118 cm³/mol. The van der Waals surface area contributed by atoms with E-state index in [0.29, 0.717) is 0 Å². The van der Waals surface area contributed by atoms with Crippen molar-refractivity contribution in [1.29, 1.82) is 0 Å². The van der Waals surface area contributed by atoms with Crippen LogP contribution in [0.3, 0.4) is 0 Å². The number of anilines is 1. The van der Waals surface area contributed by atoms with Crippen molar-refractivity contribution in [3.05, 3.63) is 72.4 Å². The second-order valence-electron chi connectivity index (χ2n) is 7.72. The van der Waals surface area contributed by atoms with Crippen LogP contribution in [0.2, 0.25) is 0 Å². The van der Waals surface area contributed by atoms with Gasteiger partial charge in [0.15, 0.2) is 5.65 Å². The molecule has 0 unspecified atom stereocenters. The average molecular weight is 383 g/mol. The van der Waals surface area contributed by atoms with Gasteiger partial charge in [0.25, 0.3) is 0 Å². The van der Waals surface area contributed by atoms with Crippen LogP contribution in [0.4, 0.5) is 5.82 Å². The molecule has 3 heterocycles. The largest absolute Gasteiger partial charge is 0.354 e. The van der Waals surface area contributed by atoms with Crippen molar-refractivity contribution >= 4 is 11.5 Å². The van der Waals surface area contributed by atoms with E-state index < -0.39 is 0 Å². The lowest BCUT2D eigenvalue weighted by Gasteiger charge is -2.34. The number of likely N-dealkylation sites (N-methyl/N-ethyl adjacent to an activating group) is 1. The van der Waals surface area contributed by atoms with E-state index in [1.165, 1.54) is 0 Å². The second kappa shape index (κ2) is 7.33. The van der Waals surface area contributed by atoms with Crippen molar-refractivity contribution in [3.8, 4) is 22.4 Å². The first-order valence-electron chi connectivity index (χ1n) is 10.2. The summed E-state index contributed by atoms with van der Waals surface area (Å²) in [4.78, 5) is 9.88. The Hall–Kier alpha value is -3.18. The van der Waals surface area contributed by atoms with E-state index in [1.807, 2.05) is 16.6 Å². The molecule has 0 aliphatic carbocycles. The summed E-state index contributed by atoms with van der Waals surface area (Å²) >= 11 is 0. The normalized spacial score (nSPS) is 15.2. The van der Waals surface area contributed by atoms with E-state index in [-0.39, 0.29) is 0 Å². The van der Waals surface area contributed by atoms with E-state index in [1.54, 1.807) is 0 Å². The number of piperazine rings is 1. The Bertz CT molecular complexity index is 1130. The standard InChI is InChI=1S/C24H25N5/c1-18-23(20-11-7-4-8-12-20)24-25-21(19-9-5-3-6-10-19)17-22(29(24)26-18)28-15-13-27(2)14-16-28/h3-12,17H,13-16H2,1-2H3. The number of benzene rings is 2. The molecule has 0 bridgehead atoms. The highest BCUT2D eigenvalue weighted by molar-refractivity contribution is 5.82. The van der Waals surface area contributed by atoms with Gasteiger partial charge < -0.3 is 9.80 Å². The van der Waals surface area contributed by atoms with Gasteiger partial charge in [-0.2, -0.15) is 9.61 Å². The van der Waals surface area contributed by atoms with Gasteiger partial charge in [-0.3, -0.25) is 0 Å². The molecule has 0 saturated carbocycles. The van der Waals surface area contributed by atoms with Gasteiger partial charge in [0, 0.05) is 43.4 Å². The van der Waals surface area contributed by atoms with Crippen molar-refractivity contribution in [2.24, 2.45) is 0 Å². The number of aromatic nitrogens is 3. The molecule has 2 aromatic heterocycles. The molecule has 2 aromatic carbocycles. The molecule has 0 spiro atoms. The summed E-state index contributed by atoms with van der Waals surface area (Å²) in [5.41, 5.74) is 6.31. The van der Waals surface area contributed by atoms with Crippen LogP contribution < -0.4 is 4.90 Å². The third kappa shape index (κ3) is 3.28. The van der Waals surface area contributed by atoms with Gasteiger partial charge >= 0.3 is 0 Å². The third-order valence-corrected chi connectivity index (χ3v) is 5.70. The monoisotopic (exact) mass is 383 g/mol. The van der Waals surface area contributed by atoms with Crippen LogP contribution in [0.1, 0.15) is 5.69 Å². The minimum Gasteiger partial charge on any atom is -0.354 e. The van der Waals surface area contributed by atoms with Crippen molar-refractivity contribution in [2.75, 3.05) is 38.1 Å². The predicted octanol–water partition coefficient (Wildman–Crippen LogP) is 4.12. The first-order chi connectivity index (χ1) is 14.2. The Morgan fingerprint density at radius 2 is 1.41 bits per heavy atom. The fourth-order valence-corrected chi connectivity index (χ4v) is 4.07. The van der Waals surface area contributed by atoms with Crippen molar-refractivity contribution in [1.82, 2.24) is 19.5 Å². The van der Waals surface area contributed by atoms with E-state index in [4.69, 9.17) is 10.1 Å². The molecular formula is C24H25N5. The minimum atomic E-state index is 0.920. The number of nitrogens with zero attached hydrogens (tertiary/aromatic N) is 5. The lowest BCUT2D eigenvalue weighted by Crippen LogP contribution is -2.45. The number of hydrogen-bond acceptors (Lipinski definition) is 4. The van der Waals surface area contributed by atoms with Crippen LogP contribution in [0.5, 0.6) is 0 Å². The summed E-state index contributed by atoms with van der Waals surface area (Å²) < 4.78 is 2.04. The van der Waals surface area contributed by atoms with Crippen LogP contribution in [-0.4, -0.2) is 52.7 Å². The number of rotatable bonds is 3. The summed E-state index contributed by atoms with van der Waals surface area (Å²) in [6, 6.07) is 23.1. The van der Waals surface area contributed by atoms with Crippen LogP contribution in [0.15, 0.2) is 66.7 Å². The maximum Gasteiger partial charge on any atom is 0.166 e. The van der Waals surface area contributed by atoms with E-state index >= 15 is 0 Å². The van der Waals surface area contributed by atoms with Crippen LogP contribution >= 0.6 is 0 Å². The molecule has 1 aliphatic rings. The molecule has 1 saturated heterocycles. The molecule has 5 heteroatoms. The summed E-state index contributed by atoms with van der Waals surface area (Å²) in [6.07, 6.45) is 0. The van der Waals surface area contributed by atoms with Gasteiger partial charge in [-0.25, -0.2) is 4.98 Å². The quantitative estimate of drug-likeness (QED) is 0.533. The minimum absolute atomic E-state index is 0.920. The zero-order chi connectivity index (χ0) is 19.8. The van der Waals surface area contributed by atoms with Gasteiger partial charge in [0.2, 0.25) is 0 Å². The average Bonchev–Trinajstić information content (AvgIpc) is 3.10. The van der Waals surface area contributed by atoms with E-state index in [0.717, 1.165) is 65.7 Å². The lowest BCUT2D eigenvalue weighted by molar-refractivity contribution is 0.311. The Morgan fingerprint density at radius 3 is 2.07 bits per heavy atom. The molecule has 1 fully saturated rings. The first kappa shape index (κ1) is 17.9. The number of aryl methyl sites for hydroxylation is 1. The molecule has 4 aromatic rings. The zero-order valence-corrected chi connectivity index (χ0v) is 16.9. The topological polar surface area (TPSA) is 36.7 Å². The fraction of sp³-hybridized carbons (Fsp3) is 0.250. The smallest absolute Gasteiger partial charge is 0.166 e. The molecule has 0 atom stereocenters. The van der Waals surface area contributed by atoms with Gasteiger partial charge in [0.05, 0.1) is 11.4 Å². The molecule has 0 amide bonds. The van der Waals surface area contributed by atoms with Crippen molar-refractivity contribution in [2.45, 2.75) is 6.92 Å². The van der Waals surface area contributed by atoms with Gasteiger partial charge in [-0.05, 0) is 19.5 Å². The Kier molecular flexibility index (Phi) is 4.52. The molecule has 1 aliphatic heterocycles. The maximum absolute atomic E-state index is 5.08. The molecule has 0 radical (unpaired) electrons. The summed E-state index contributed by atoms with van der Waals surface area (Å²) in [7, 11) is 2.18. The molecule has 5 rings (SSSR count). The maximum atomic E-state index is 5.08. The first-order valence-corrected chi connectivity index (χ1v) is 10.2.